The molecule has 2 aromatic heterocycles. The van der Waals surface area contributed by atoms with Gasteiger partial charge in [0.05, 0.1) is 22.1 Å². The molecule has 0 radical (unpaired) electrons. The summed E-state index contributed by atoms with van der Waals surface area (Å²) >= 11 is 0. The van der Waals surface area contributed by atoms with E-state index in [0.29, 0.717) is 0 Å². The predicted octanol–water partition coefficient (Wildman–Crippen LogP) is 14.3. The Labute approximate surface area is 403 Å². The predicted molar refractivity (Wildman–Crippen MR) is 295 cm³/mol. The summed E-state index contributed by atoms with van der Waals surface area (Å²) in [7, 11) is -3.01. The number of hydrogen-bond donors (Lipinski definition) is 0. The number of hydrogen-bond acceptors (Lipinski definition) is 0. The van der Waals surface area contributed by atoms with E-state index in [-0.39, 0.29) is 0 Å². The van der Waals surface area contributed by atoms with E-state index in [1.165, 1.54) is 97.7 Å². The molecule has 0 saturated heterocycles. The fourth-order valence-electron chi connectivity index (χ4n) is 11.2. The van der Waals surface area contributed by atoms with Crippen molar-refractivity contribution in [3.63, 3.8) is 0 Å². The summed E-state index contributed by atoms with van der Waals surface area (Å²) in [5.74, 6) is 0. The van der Waals surface area contributed by atoms with Crippen LogP contribution in [0.15, 0.2) is 279 Å². The van der Waals surface area contributed by atoms with Gasteiger partial charge in [-0.2, -0.15) is 0 Å². The smallest absolute Gasteiger partial charge is 0.180 e. The first-order valence-corrected chi connectivity index (χ1v) is 25.8. The van der Waals surface area contributed by atoms with Crippen molar-refractivity contribution < 1.29 is 0 Å². The third-order valence-electron chi connectivity index (χ3n) is 14.2. The van der Waals surface area contributed by atoms with Crippen molar-refractivity contribution in [3.05, 3.63) is 279 Å². The second kappa shape index (κ2) is 16.8. The zero-order valence-electron chi connectivity index (χ0n) is 38.0. The zero-order valence-corrected chi connectivity index (χ0v) is 39.0. The van der Waals surface area contributed by atoms with Crippen LogP contribution in [-0.4, -0.2) is 17.2 Å². The Bertz CT molecular complexity index is 3960. The van der Waals surface area contributed by atoms with Crippen LogP contribution in [0, 0.1) is 0 Å². The number of benzene rings is 11. The summed E-state index contributed by atoms with van der Waals surface area (Å²) in [5.41, 5.74) is 14.3. The molecule has 0 aliphatic carbocycles. The maximum Gasteiger partial charge on any atom is 0.180 e. The lowest BCUT2D eigenvalue weighted by atomic mass is 9.99. The Hall–Kier alpha value is -8.76. The minimum atomic E-state index is -3.01. The highest BCUT2D eigenvalue weighted by Gasteiger charge is 2.43. The minimum absolute atomic E-state index is 1.14. The van der Waals surface area contributed by atoms with Crippen LogP contribution < -0.4 is 20.7 Å². The van der Waals surface area contributed by atoms with Crippen molar-refractivity contribution in [2.75, 3.05) is 0 Å². The summed E-state index contributed by atoms with van der Waals surface area (Å²) in [6.45, 7) is 0. The van der Waals surface area contributed by atoms with Gasteiger partial charge >= 0.3 is 0 Å². The quantitative estimate of drug-likeness (QED) is 0.101. The highest BCUT2D eigenvalue weighted by Crippen LogP contribution is 2.38. The molecule has 0 aliphatic heterocycles. The van der Waals surface area contributed by atoms with Gasteiger partial charge in [-0.3, -0.25) is 0 Å². The lowest BCUT2D eigenvalue weighted by Crippen LogP contribution is -2.74. The molecule has 0 spiro atoms. The van der Waals surface area contributed by atoms with Gasteiger partial charge in [0.2, 0.25) is 0 Å². The lowest BCUT2D eigenvalue weighted by molar-refractivity contribution is 1.17. The molecule has 0 amide bonds. The van der Waals surface area contributed by atoms with Gasteiger partial charge in [-0.1, -0.05) is 224 Å². The Morgan fingerprint density at radius 1 is 0.232 bits per heavy atom. The van der Waals surface area contributed by atoms with E-state index in [1.807, 2.05) is 0 Å². The Morgan fingerprint density at radius 2 is 0.652 bits per heavy atom. The Kier molecular flexibility index (Phi) is 9.88. The zero-order chi connectivity index (χ0) is 45.7. The lowest BCUT2D eigenvalue weighted by Gasteiger charge is -2.35. The van der Waals surface area contributed by atoms with Crippen molar-refractivity contribution in [2.24, 2.45) is 0 Å². The fraction of sp³-hybridized carbons (Fsp3) is 0. The molecule has 2 nitrogen and oxygen atoms in total. The first-order chi connectivity index (χ1) is 34.2. The van der Waals surface area contributed by atoms with Crippen LogP contribution in [0.4, 0.5) is 0 Å². The molecule has 0 saturated carbocycles. The number of nitrogens with zero attached hydrogens (tertiary/aromatic N) is 2. The van der Waals surface area contributed by atoms with Crippen molar-refractivity contribution in [2.45, 2.75) is 0 Å². The first-order valence-electron chi connectivity index (χ1n) is 23.8. The van der Waals surface area contributed by atoms with Crippen LogP contribution >= 0.6 is 0 Å². The van der Waals surface area contributed by atoms with E-state index in [2.05, 4.69) is 288 Å². The molecule has 2 heterocycles. The van der Waals surface area contributed by atoms with Gasteiger partial charge in [0.1, 0.15) is 0 Å². The average molecular weight is 895 g/mol. The molecular weight excluding hydrogens is 849 g/mol. The van der Waals surface area contributed by atoms with E-state index < -0.39 is 8.07 Å². The van der Waals surface area contributed by atoms with Gasteiger partial charge in [0, 0.05) is 32.9 Å². The number of rotatable bonds is 9. The van der Waals surface area contributed by atoms with E-state index in [4.69, 9.17) is 0 Å². The summed E-state index contributed by atoms with van der Waals surface area (Å²) in [5, 5.41) is 10.4. The second-order valence-corrected chi connectivity index (χ2v) is 21.8. The van der Waals surface area contributed by atoms with Gasteiger partial charge in [0.25, 0.3) is 0 Å². The fourth-order valence-corrected chi connectivity index (χ4v) is 16.2. The van der Waals surface area contributed by atoms with Crippen molar-refractivity contribution in [3.8, 4) is 44.8 Å². The molecule has 0 bridgehead atoms. The summed E-state index contributed by atoms with van der Waals surface area (Å²) < 4.78 is 4.95. The molecule has 0 N–H and O–H groups in total. The molecule has 0 unspecified atom stereocenters. The monoisotopic (exact) mass is 894 g/mol. The second-order valence-electron chi connectivity index (χ2n) is 18.0. The molecule has 11 aromatic carbocycles. The Balaban J connectivity index is 1.03. The molecule has 0 atom stereocenters. The molecule has 69 heavy (non-hydrogen) atoms. The van der Waals surface area contributed by atoms with E-state index in [9.17, 15) is 0 Å². The average Bonchev–Trinajstić information content (AvgIpc) is 3.95. The molecular formula is C66H46N2Si. The molecule has 3 heteroatoms. The minimum Gasteiger partial charge on any atom is -0.309 e. The van der Waals surface area contributed by atoms with Crippen molar-refractivity contribution in [1.82, 2.24) is 9.13 Å². The van der Waals surface area contributed by atoms with Crippen LogP contribution in [0.25, 0.3) is 88.4 Å². The van der Waals surface area contributed by atoms with Crippen LogP contribution in [0.2, 0.25) is 0 Å². The summed E-state index contributed by atoms with van der Waals surface area (Å²) in [6, 6.07) is 103. The third kappa shape index (κ3) is 6.70. The van der Waals surface area contributed by atoms with Crippen LogP contribution in [0.3, 0.4) is 0 Å². The Morgan fingerprint density at radius 3 is 1.32 bits per heavy atom. The van der Waals surface area contributed by atoms with E-state index in [1.54, 1.807) is 0 Å². The van der Waals surface area contributed by atoms with Gasteiger partial charge in [0.15, 0.2) is 8.07 Å². The highest BCUT2D eigenvalue weighted by molar-refractivity contribution is 7.20. The number of fused-ring (bicyclic) bond motifs is 6. The SMILES string of the molecule is c1ccc(-c2cccc(-c3cccc(-n4c5ccccc5c5cc(-n6c7ccccc7c7c([Si](c8ccccc8)(c8ccccc8)c8cccc(-c9ccccc9)c8)cccc76)ccc54)c3)c2)cc1. The number of aromatic nitrogens is 2. The van der Waals surface area contributed by atoms with Crippen LogP contribution in [0.5, 0.6) is 0 Å². The van der Waals surface area contributed by atoms with Gasteiger partial charge in [-0.15, -0.1) is 0 Å². The summed E-state index contributed by atoms with van der Waals surface area (Å²) in [6.07, 6.45) is 0. The maximum absolute atomic E-state index is 3.01. The maximum atomic E-state index is 2.51. The third-order valence-corrected chi connectivity index (χ3v) is 19.0. The molecule has 0 fully saturated rings. The van der Waals surface area contributed by atoms with Crippen molar-refractivity contribution in [1.29, 1.82) is 0 Å². The van der Waals surface area contributed by atoms with Gasteiger partial charge < -0.3 is 9.13 Å². The van der Waals surface area contributed by atoms with Crippen LogP contribution in [-0.2, 0) is 0 Å². The van der Waals surface area contributed by atoms with Gasteiger partial charge in [-0.25, -0.2) is 0 Å². The molecule has 0 aliphatic rings. The van der Waals surface area contributed by atoms with Crippen LogP contribution in [0.1, 0.15) is 0 Å². The summed E-state index contributed by atoms with van der Waals surface area (Å²) in [4.78, 5) is 0. The molecule has 324 valence electrons. The molecule has 13 aromatic rings. The largest absolute Gasteiger partial charge is 0.309 e. The van der Waals surface area contributed by atoms with Crippen molar-refractivity contribution >= 4 is 72.4 Å². The highest BCUT2D eigenvalue weighted by atomic mass is 28.3. The standard InChI is InChI=1S/C66H46N2Si/c1-5-21-47(22-6-1)49-25-17-26-50(43-49)51-27-18-29-53(44-51)67-61-37-15-13-35-58(61)60-46-54(41-42-63(60)67)68-62-38-16-14-36-59(62)66-64(68)39-20-40-65(66)69(55-30-9-3-10-31-55,56-32-11-4-12-33-56)57-34-19-28-52(45-57)48-23-7-2-8-24-48/h1-46H. The molecule has 13 rings (SSSR count). The topological polar surface area (TPSA) is 9.86 Å². The normalized spacial score (nSPS) is 11.8. The van der Waals surface area contributed by atoms with E-state index >= 15 is 0 Å². The number of para-hydroxylation sites is 2. The van der Waals surface area contributed by atoms with E-state index in [0.717, 1.165) is 11.4 Å². The first kappa shape index (κ1) is 40.5. The van der Waals surface area contributed by atoms with Gasteiger partial charge in [-0.05, 0) is 109 Å².